The molecule has 1 aromatic carbocycles. The summed E-state index contributed by atoms with van der Waals surface area (Å²) in [5, 5.41) is 7.02. The molecule has 2 heteroatoms. The Kier molecular flexibility index (Phi) is 3.20. The highest BCUT2D eigenvalue weighted by Gasteiger charge is 2.16. The molecule has 1 rings (SSSR count). The van der Waals surface area contributed by atoms with Gasteiger partial charge in [-0.25, -0.2) is 0 Å². The zero-order valence-electron chi connectivity index (χ0n) is 7.96. The third-order valence-corrected chi connectivity index (χ3v) is 2.02. The topological polar surface area (TPSA) is 49.9 Å². The van der Waals surface area contributed by atoms with E-state index in [4.69, 9.17) is 11.1 Å². The second kappa shape index (κ2) is 4.19. The lowest BCUT2D eigenvalue weighted by Crippen LogP contribution is -2.38. The van der Waals surface area contributed by atoms with Crippen LogP contribution in [0.15, 0.2) is 30.3 Å². The van der Waals surface area contributed by atoms with Gasteiger partial charge in [-0.15, -0.1) is 0 Å². The molecule has 0 radical (unpaired) electrons. The highest BCUT2D eigenvalue weighted by atomic mass is 14.7. The second-order valence-corrected chi connectivity index (χ2v) is 3.72. The van der Waals surface area contributed by atoms with E-state index >= 15 is 0 Å². The van der Waals surface area contributed by atoms with Crippen molar-refractivity contribution in [2.45, 2.75) is 25.3 Å². The van der Waals surface area contributed by atoms with E-state index in [0.29, 0.717) is 6.42 Å². The first-order chi connectivity index (χ1) is 6.14. The molecule has 0 amide bonds. The summed E-state index contributed by atoms with van der Waals surface area (Å²) in [6, 6.07) is 10.1. The molecule has 13 heavy (non-hydrogen) atoms. The van der Waals surface area contributed by atoms with Crippen LogP contribution in [0.1, 0.15) is 18.9 Å². The Morgan fingerprint density at radius 2 is 2.00 bits per heavy atom. The SMILES string of the molecule is CC(N)(CC=N)Cc1ccccc1. The van der Waals surface area contributed by atoms with Crippen LogP contribution in [0.2, 0.25) is 0 Å². The van der Waals surface area contributed by atoms with Gasteiger partial charge in [-0.1, -0.05) is 30.3 Å². The van der Waals surface area contributed by atoms with Crippen LogP contribution in [0.5, 0.6) is 0 Å². The molecule has 70 valence electrons. The normalized spacial score (nSPS) is 14.9. The summed E-state index contributed by atoms with van der Waals surface area (Å²) in [6.45, 7) is 1.98. The molecule has 3 N–H and O–H groups in total. The number of hydrogen-bond acceptors (Lipinski definition) is 2. The molecule has 1 atom stereocenters. The van der Waals surface area contributed by atoms with E-state index < -0.39 is 0 Å². The summed E-state index contributed by atoms with van der Waals surface area (Å²) in [6.07, 6.45) is 2.83. The van der Waals surface area contributed by atoms with E-state index in [-0.39, 0.29) is 5.54 Å². The van der Waals surface area contributed by atoms with E-state index in [2.05, 4.69) is 12.1 Å². The molecule has 0 fully saturated rings. The second-order valence-electron chi connectivity index (χ2n) is 3.72. The monoisotopic (exact) mass is 176 g/mol. The first-order valence-electron chi connectivity index (χ1n) is 4.46. The van der Waals surface area contributed by atoms with Crippen LogP contribution < -0.4 is 5.73 Å². The van der Waals surface area contributed by atoms with Crippen molar-refractivity contribution in [1.29, 1.82) is 5.41 Å². The predicted molar refractivity (Wildman–Crippen MR) is 56.1 cm³/mol. The Morgan fingerprint density at radius 1 is 1.38 bits per heavy atom. The van der Waals surface area contributed by atoms with E-state index in [9.17, 15) is 0 Å². The average molecular weight is 176 g/mol. The number of benzene rings is 1. The maximum absolute atomic E-state index is 7.02. The van der Waals surface area contributed by atoms with Gasteiger partial charge in [-0.05, 0) is 25.1 Å². The molecule has 0 aliphatic rings. The summed E-state index contributed by atoms with van der Waals surface area (Å²) < 4.78 is 0. The fraction of sp³-hybridized carbons (Fsp3) is 0.364. The van der Waals surface area contributed by atoms with Crippen molar-refractivity contribution in [3.63, 3.8) is 0 Å². The minimum absolute atomic E-state index is 0.289. The number of nitrogens with one attached hydrogen (secondary N) is 1. The average Bonchev–Trinajstić information content (AvgIpc) is 2.04. The maximum atomic E-state index is 7.02. The first-order valence-corrected chi connectivity index (χ1v) is 4.46. The van der Waals surface area contributed by atoms with Crippen LogP contribution >= 0.6 is 0 Å². The third kappa shape index (κ3) is 3.38. The lowest BCUT2D eigenvalue weighted by Gasteiger charge is -2.22. The number of hydrogen-bond donors (Lipinski definition) is 2. The van der Waals surface area contributed by atoms with E-state index in [1.165, 1.54) is 11.8 Å². The molecule has 0 heterocycles. The van der Waals surface area contributed by atoms with E-state index in [1.807, 2.05) is 25.1 Å². The lowest BCUT2D eigenvalue weighted by atomic mass is 9.91. The van der Waals surface area contributed by atoms with Crippen LogP contribution in [0, 0.1) is 5.41 Å². The maximum Gasteiger partial charge on any atom is 0.0216 e. The van der Waals surface area contributed by atoms with E-state index in [0.717, 1.165) is 6.42 Å². The molecule has 0 bridgehead atoms. The number of nitrogens with two attached hydrogens (primary N) is 1. The zero-order chi connectivity index (χ0) is 9.73. The minimum Gasteiger partial charge on any atom is -0.325 e. The fourth-order valence-corrected chi connectivity index (χ4v) is 1.37. The molecule has 0 aliphatic heterocycles. The molecule has 2 nitrogen and oxygen atoms in total. The van der Waals surface area contributed by atoms with Gasteiger partial charge < -0.3 is 11.1 Å². The van der Waals surface area contributed by atoms with Gasteiger partial charge in [0.05, 0.1) is 0 Å². The molecule has 0 aromatic heterocycles. The Labute approximate surface area is 79.3 Å². The van der Waals surface area contributed by atoms with Gasteiger partial charge in [0.25, 0.3) is 0 Å². The highest BCUT2D eigenvalue weighted by molar-refractivity contribution is 5.55. The van der Waals surface area contributed by atoms with Gasteiger partial charge in [0, 0.05) is 12.0 Å². The molecule has 0 saturated carbocycles. The zero-order valence-corrected chi connectivity index (χ0v) is 7.96. The van der Waals surface area contributed by atoms with Gasteiger partial charge in [-0.3, -0.25) is 0 Å². The smallest absolute Gasteiger partial charge is 0.0216 e. The van der Waals surface area contributed by atoms with Gasteiger partial charge in [-0.2, -0.15) is 0 Å². The quantitative estimate of drug-likeness (QED) is 0.677. The standard InChI is InChI=1S/C11H16N2/c1-11(13,7-8-12)9-10-5-3-2-4-6-10/h2-6,8,12H,7,9,13H2,1H3. The number of rotatable bonds is 4. The highest BCUT2D eigenvalue weighted by Crippen LogP contribution is 2.12. The fourth-order valence-electron chi connectivity index (χ4n) is 1.37. The van der Waals surface area contributed by atoms with Crippen molar-refractivity contribution >= 4 is 6.21 Å². The molecule has 0 aliphatic carbocycles. The molecule has 0 saturated heterocycles. The van der Waals surface area contributed by atoms with Crippen LogP contribution in [0.3, 0.4) is 0 Å². The predicted octanol–water partition coefficient (Wildman–Crippen LogP) is 1.99. The lowest BCUT2D eigenvalue weighted by molar-refractivity contribution is 0.487. The van der Waals surface area contributed by atoms with Crippen molar-refractivity contribution in [3.05, 3.63) is 35.9 Å². The summed E-state index contributed by atoms with van der Waals surface area (Å²) in [5.74, 6) is 0. The van der Waals surface area contributed by atoms with Gasteiger partial charge in [0.15, 0.2) is 0 Å². The van der Waals surface area contributed by atoms with Crippen molar-refractivity contribution in [2.75, 3.05) is 0 Å². The van der Waals surface area contributed by atoms with Crippen LogP contribution in [-0.2, 0) is 6.42 Å². The molecule has 1 aromatic rings. The van der Waals surface area contributed by atoms with Crippen molar-refractivity contribution in [1.82, 2.24) is 0 Å². The van der Waals surface area contributed by atoms with Gasteiger partial charge in [0.2, 0.25) is 0 Å². The van der Waals surface area contributed by atoms with Crippen molar-refractivity contribution in [3.8, 4) is 0 Å². The molecular formula is C11H16N2. The Morgan fingerprint density at radius 3 is 2.54 bits per heavy atom. The Bertz CT molecular complexity index is 265. The summed E-state index contributed by atoms with van der Waals surface area (Å²) in [4.78, 5) is 0. The minimum atomic E-state index is -0.289. The molecule has 0 spiro atoms. The van der Waals surface area contributed by atoms with Crippen molar-refractivity contribution < 1.29 is 0 Å². The molecule has 1 unspecified atom stereocenters. The summed E-state index contributed by atoms with van der Waals surface area (Å²) >= 11 is 0. The Balaban J connectivity index is 2.63. The van der Waals surface area contributed by atoms with E-state index in [1.54, 1.807) is 0 Å². The van der Waals surface area contributed by atoms with Crippen molar-refractivity contribution in [2.24, 2.45) is 5.73 Å². The third-order valence-electron chi connectivity index (χ3n) is 2.02. The van der Waals surface area contributed by atoms with Crippen LogP contribution in [0.25, 0.3) is 0 Å². The molecular weight excluding hydrogens is 160 g/mol. The van der Waals surface area contributed by atoms with Crippen LogP contribution in [-0.4, -0.2) is 11.8 Å². The Hall–Kier alpha value is -1.15. The summed E-state index contributed by atoms with van der Waals surface area (Å²) in [5.41, 5.74) is 6.95. The van der Waals surface area contributed by atoms with Gasteiger partial charge in [0.1, 0.15) is 0 Å². The van der Waals surface area contributed by atoms with Gasteiger partial charge >= 0.3 is 0 Å². The summed E-state index contributed by atoms with van der Waals surface area (Å²) in [7, 11) is 0. The first kappa shape index (κ1) is 9.93. The van der Waals surface area contributed by atoms with Crippen LogP contribution in [0.4, 0.5) is 0 Å². The largest absolute Gasteiger partial charge is 0.325 e.